The number of nitrogens with one attached hydrogen (secondary N) is 1. The summed E-state index contributed by atoms with van der Waals surface area (Å²) in [6.45, 7) is 4.62. The Bertz CT molecular complexity index is 408. The zero-order valence-electron chi connectivity index (χ0n) is 11.0. The summed E-state index contributed by atoms with van der Waals surface area (Å²) in [6.07, 6.45) is 1.58. The van der Waals surface area contributed by atoms with E-state index in [1.165, 1.54) is 0 Å². The molecule has 0 aliphatic heterocycles. The van der Waals surface area contributed by atoms with Crippen LogP contribution in [0.15, 0.2) is 22.8 Å². The first-order chi connectivity index (χ1) is 8.54. The van der Waals surface area contributed by atoms with Gasteiger partial charge in [-0.1, -0.05) is 0 Å². The van der Waals surface area contributed by atoms with E-state index in [1.807, 2.05) is 31.9 Å². The smallest absolute Gasteiger partial charge is 0.237 e. The molecule has 0 aliphatic rings. The Morgan fingerprint density at radius 3 is 2.89 bits per heavy atom. The minimum Gasteiger partial charge on any atom is -0.467 e. The van der Waals surface area contributed by atoms with Gasteiger partial charge in [-0.15, -0.1) is 0 Å². The molecule has 98 valence electrons. The first kappa shape index (κ1) is 14.3. The minimum atomic E-state index is -0.268. The summed E-state index contributed by atoms with van der Waals surface area (Å²) in [5.41, 5.74) is 0. The molecule has 0 fully saturated rings. The fourth-order valence-electron chi connectivity index (χ4n) is 1.57. The van der Waals surface area contributed by atoms with Crippen molar-refractivity contribution in [1.29, 1.82) is 5.26 Å². The van der Waals surface area contributed by atoms with Gasteiger partial charge in [-0.3, -0.25) is 9.69 Å². The largest absolute Gasteiger partial charge is 0.467 e. The number of hydrogen-bond donors (Lipinski definition) is 1. The van der Waals surface area contributed by atoms with Gasteiger partial charge < -0.3 is 9.73 Å². The highest BCUT2D eigenvalue weighted by Crippen LogP contribution is 2.03. The molecule has 1 N–H and O–H groups in total. The first-order valence-corrected chi connectivity index (χ1v) is 5.94. The number of amides is 1. The molecule has 18 heavy (non-hydrogen) atoms. The zero-order chi connectivity index (χ0) is 13.5. The summed E-state index contributed by atoms with van der Waals surface area (Å²) >= 11 is 0. The lowest BCUT2D eigenvalue weighted by Crippen LogP contribution is -2.44. The molecule has 0 saturated heterocycles. The summed E-state index contributed by atoms with van der Waals surface area (Å²) in [6, 6.07) is 5.48. The Hall–Kier alpha value is -1.80. The third-order valence-electron chi connectivity index (χ3n) is 2.84. The monoisotopic (exact) mass is 249 g/mol. The topological polar surface area (TPSA) is 69.3 Å². The van der Waals surface area contributed by atoms with Gasteiger partial charge in [0.05, 0.1) is 30.8 Å². The van der Waals surface area contributed by atoms with Crippen molar-refractivity contribution < 1.29 is 9.21 Å². The molecule has 5 heteroatoms. The van der Waals surface area contributed by atoms with Crippen LogP contribution in [0.2, 0.25) is 0 Å². The van der Waals surface area contributed by atoms with Crippen LogP contribution in [0.1, 0.15) is 19.6 Å². The molecule has 0 aliphatic carbocycles. The lowest BCUT2D eigenvalue weighted by molar-refractivity contribution is -0.125. The van der Waals surface area contributed by atoms with Crippen molar-refractivity contribution in [2.24, 2.45) is 5.92 Å². The maximum Gasteiger partial charge on any atom is 0.237 e. The van der Waals surface area contributed by atoms with E-state index < -0.39 is 0 Å². The highest BCUT2D eigenvalue weighted by molar-refractivity contribution is 5.81. The summed E-state index contributed by atoms with van der Waals surface area (Å²) in [5, 5.41) is 11.5. The van der Waals surface area contributed by atoms with Crippen LogP contribution in [0.4, 0.5) is 0 Å². The average Bonchev–Trinajstić information content (AvgIpc) is 2.87. The quantitative estimate of drug-likeness (QED) is 0.826. The average molecular weight is 249 g/mol. The Morgan fingerprint density at radius 1 is 1.61 bits per heavy atom. The molecule has 0 saturated carbocycles. The van der Waals surface area contributed by atoms with Crippen molar-refractivity contribution in [2.45, 2.75) is 26.4 Å². The van der Waals surface area contributed by atoms with Crippen LogP contribution < -0.4 is 5.32 Å². The van der Waals surface area contributed by atoms with E-state index >= 15 is 0 Å². The molecule has 0 spiro atoms. The van der Waals surface area contributed by atoms with Crippen molar-refractivity contribution in [1.82, 2.24) is 10.2 Å². The molecule has 0 aromatic carbocycles. The van der Waals surface area contributed by atoms with Crippen molar-refractivity contribution in [3.05, 3.63) is 24.2 Å². The molecule has 0 bridgehead atoms. The normalized spacial score (nSPS) is 13.9. The van der Waals surface area contributed by atoms with E-state index in [1.54, 1.807) is 12.3 Å². The van der Waals surface area contributed by atoms with E-state index in [0.717, 1.165) is 5.76 Å². The maximum atomic E-state index is 11.9. The van der Waals surface area contributed by atoms with Crippen molar-refractivity contribution >= 4 is 5.91 Å². The van der Waals surface area contributed by atoms with Gasteiger partial charge in [0.15, 0.2) is 0 Å². The van der Waals surface area contributed by atoms with E-state index in [9.17, 15) is 4.79 Å². The Kier molecular flexibility index (Phi) is 5.40. The third-order valence-corrected chi connectivity index (χ3v) is 2.84. The molecular formula is C13H19N3O2. The fourth-order valence-corrected chi connectivity index (χ4v) is 1.57. The SMILES string of the molecule is CC(C#N)CN(C)C(C)C(=O)NCc1ccco1. The van der Waals surface area contributed by atoms with E-state index in [-0.39, 0.29) is 17.9 Å². The fraction of sp³-hybridized carbons (Fsp3) is 0.538. The number of carbonyl (C=O) groups is 1. The molecule has 2 unspecified atom stereocenters. The number of carbonyl (C=O) groups excluding carboxylic acids is 1. The summed E-state index contributed by atoms with van der Waals surface area (Å²) in [7, 11) is 1.84. The number of nitrogens with zero attached hydrogens (tertiary/aromatic N) is 2. The second-order valence-electron chi connectivity index (χ2n) is 4.44. The van der Waals surface area contributed by atoms with Crippen LogP contribution in [0, 0.1) is 17.2 Å². The van der Waals surface area contributed by atoms with Gasteiger partial charge in [0.2, 0.25) is 5.91 Å². The molecule has 5 nitrogen and oxygen atoms in total. The van der Waals surface area contributed by atoms with Crippen LogP contribution in [0.3, 0.4) is 0 Å². The minimum absolute atomic E-state index is 0.0703. The van der Waals surface area contributed by atoms with E-state index in [4.69, 9.17) is 9.68 Å². The van der Waals surface area contributed by atoms with Crippen molar-refractivity contribution in [3.8, 4) is 6.07 Å². The number of nitriles is 1. The molecule has 1 amide bonds. The van der Waals surface area contributed by atoms with Gasteiger partial charge in [-0.25, -0.2) is 0 Å². The number of rotatable bonds is 6. The van der Waals surface area contributed by atoms with Crippen LogP contribution in [-0.2, 0) is 11.3 Å². The van der Waals surface area contributed by atoms with Gasteiger partial charge in [0.1, 0.15) is 5.76 Å². The second-order valence-corrected chi connectivity index (χ2v) is 4.44. The Balaban J connectivity index is 2.38. The molecule has 1 rings (SSSR count). The molecule has 2 atom stereocenters. The molecule has 1 heterocycles. The van der Waals surface area contributed by atoms with E-state index in [2.05, 4.69) is 11.4 Å². The lowest BCUT2D eigenvalue weighted by Gasteiger charge is -2.24. The van der Waals surface area contributed by atoms with Gasteiger partial charge in [0, 0.05) is 6.54 Å². The van der Waals surface area contributed by atoms with Gasteiger partial charge >= 0.3 is 0 Å². The highest BCUT2D eigenvalue weighted by atomic mass is 16.3. The summed E-state index contributed by atoms with van der Waals surface area (Å²) < 4.78 is 5.13. The van der Waals surface area contributed by atoms with E-state index in [0.29, 0.717) is 13.1 Å². The predicted octanol–water partition coefficient (Wildman–Crippen LogP) is 1.38. The number of hydrogen-bond acceptors (Lipinski definition) is 4. The summed E-state index contributed by atoms with van der Waals surface area (Å²) in [4.78, 5) is 13.7. The van der Waals surface area contributed by atoms with Crippen LogP contribution >= 0.6 is 0 Å². The predicted molar refractivity (Wildman–Crippen MR) is 67.4 cm³/mol. The Labute approximate surface area is 107 Å². The van der Waals surface area contributed by atoms with Crippen molar-refractivity contribution in [3.63, 3.8) is 0 Å². The van der Waals surface area contributed by atoms with Gasteiger partial charge in [-0.05, 0) is 33.0 Å². The van der Waals surface area contributed by atoms with Crippen LogP contribution in [0.25, 0.3) is 0 Å². The first-order valence-electron chi connectivity index (χ1n) is 5.94. The molecular weight excluding hydrogens is 230 g/mol. The van der Waals surface area contributed by atoms with Crippen LogP contribution in [-0.4, -0.2) is 30.4 Å². The zero-order valence-corrected chi connectivity index (χ0v) is 11.0. The third kappa shape index (κ3) is 4.22. The standard InChI is InChI=1S/C13H19N3O2/c1-10(7-14)9-16(3)11(2)13(17)15-8-12-5-4-6-18-12/h4-6,10-11H,8-9H2,1-3H3,(H,15,17). The number of likely N-dealkylation sites (N-methyl/N-ethyl adjacent to an activating group) is 1. The Morgan fingerprint density at radius 2 is 2.33 bits per heavy atom. The van der Waals surface area contributed by atoms with Gasteiger partial charge in [-0.2, -0.15) is 5.26 Å². The second kappa shape index (κ2) is 6.82. The van der Waals surface area contributed by atoms with Crippen LogP contribution in [0.5, 0.6) is 0 Å². The number of furan rings is 1. The summed E-state index contributed by atoms with van der Waals surface area (Å²) in [5.74, 6) is 0.568. The lowest BCUT2D eigenvalue weighted by atomic mass is 10.1. The molecule has 1 aromatic rings. The maximum absolute atomic E-state index is 11.9. The van der Waals surface area contributed by atoms with Crippen molar-refractivity contribution in [2.75, 3.05) is 13.6 Å². The van der Waals surface area contributed by atoms with Gasteiger partial charge in [0.25, 0.3) is 0 Å². The highest BCUT2D eigenvalue weighted by Gasteiger charge is 2.19. The molecule has 0 radical (unpaired) electrons. The molecule has 1 aromatic heterocycles.